The molecule has 1 heterocycles. The van der Waals surface area contributed by atoms with Crippen molar-refractivity contribution >= 4 is 291 Å². The van der Waals surface area contributed by atoms with Crippen LogP contribution in [0.1, 0.15) is 79.5 Å². The van der Waals surface area contributed by atoms with Crippen molar-refractivity contribution in [3.63, 3.8) is 0 Å². The van der Waals surface area contributed by atoms with Gasteiger partial charge in [0.25, 0.3) is 0 Å². The summed E-state index contributed by atoms with van der Waals surface area (Å²) in [6.07, 6.45) is 9.57. The van der Waals surface area contributed by atoms with Gasteiger partial charge in [0.15, 0.2) is 6.29 Å². The molecule has 2 nitrogen and oxygen atoms in total. The Bertz CT molecular complexity index is 6920. The highest BCUT2D eigenvalue weighted by molar-refractivity contribution is 6.82. The highest BCUT2D eigenvalue weighted by Crippen LogP contribution is 2.84. The molecule has 33 rings (SSSR count). The molecule has 73 heavy (non-hydrogen) atoms. The quantitative estimate of drug-likeness (QED) is 0.112. The number of benzene rings is 18. The Morgan fingerprint density at radius 2 is 0.548 bits per heavy atom. The lowest BCUT2D eigenvalue weighted by Gasteiger charge is -2.45. The molecule has 0 aromatic heterocycles. The molecule has 1 unspecified atom stereocenters. The molecule has 1 saturated heterocycles. The minimum atomic E-state index is -0.0994. The maximum absolute atomic E-state index is 6.38. The predicted octanol–water partition coefficient (Wildman–Crippen LogP) is 19.6. The van der Waals surface area contributed by atoms with Crippen molar-refractivity contribution < 1.29 is 9.47 Å². The molecule has 5 aliphatic rings. The van der Waals surface area contributed by atoms with Gasteiger partial charge in [0.1, 0.15) is 0 Å². The Kier molecular flexibility index (Phi) is 2.85. The van der Waals surface area contributed by atoms with Crippen LogP contribution in [-0.4, -0.2) is 19.5 Å². The molecule has 4 aliphatic carbocycles. The van der Waals surface area contributed by atoms with Gasteiger partial charge >= 0.3 is 0 Å². The summed E-state index contributed by atoms with van der Waals surface area (Å²) in [5.41, 5.74) is 7.15. The Labute approximate surface area is 402 Å². The molecule has 1 fully saturated rings. The fraction of sp³-hybridized carbons (Fsp3) is 0.183. The van der Waals surface area contributed by atoms with E-state index in [4.69, 9.17) is 9.47 Å². The van der Waals surface area contributed by atoms with Gasteiger partial charge in [0.05, 0.1) is 0 Å². The molecule has 28 aromatic rings. The highest BCUT2D eigenvalue weighted by Gasteiger charge is 2.62. The van der Waals surface area contributed by atoms with Gasteiger partial charge in [0, 0.05) is 24.5 Å². The number of hydrogen-bond donors (Lipinski definition) is 0. The summed E-state index contributed by atoms with van der Waals surface area (Å²) in [5.74, 6) is 0.352. The second-order valence-electron chi connectivity index (χ2n) is 27.1. The summed E-state index contributed by atoms with van der Waals surface area (Å²) in [6.45, 7) is 1.68. The summed E-state index contributed by atoms with van der Waals surface area (Å²) in [7, 11) is 0. The van der Waals surface area contributed by atoms with Crippen molar-refractivity contribution in [2.45, 2.75) is 69.0 Å². The van der Waals surface area contributed by atoms with Crippen molar-refractivity contribution in [1.29, 1.82) is 0 Å². The van der Waals surface area contributed by atoms with E-state index in [-0.39, 0.29) is 11.7 Å². The average Bonchev–Trinajstić information content (AvgIpc) is 4.45. The van der Waals surface area contributed by atoms with E-state index < -0.39 is 0 Å². The molecular weight excluding hydrogens is 885 g/mol. The second-order valence-corrected chi connectivity index (χ2v) is 27.1. The first-order chi connectivity index (χ1) is 36.4. The van der Waals surface area contributed by atoms with Gasteiger partial charge in [-0.1, -0.05) is 19.3 Å². The van der Waals surface area contributed by atoms with E-state index in [1.54, 1.807) is 302 Å². The van der Waals surface area contributed by atoms with Crippen molar-refractivity contribution in [1.82, 2.24) is 0 Å². The van der Waals surface area contributed by atoms with Crippen LogP contribution in [0, 0.1) is 0 Å². The molecule has 0 N–H and O–H groups in total. The van der Waals surface area contributed by atoms with Crippen molar-refractivity contribution in [2.24, 2.45) is 0 Å². The van der Waals surface area contributed by atoms with Crippen LogP contribution in [0.3, 0.4) is 0 Å². The van der Waals surface area contributed by atoms with Crippen LogP contribution in [0.2, 0.25) is 0 Å². The first-order valence-electron chi connectivity index (χ1n) is 28.4. The van der Waals surface area contributed by atoms with E-state index in [9.17, 15) is 0 Å². The van der Waals surface area contributed by atoms with Crippen molar-refractivity contribution in [2.75, 3.05) is 13.2 Å². The Morgan fingerprint density at radius 1 is 0.288 bits per heavy atom. The van der Waals surface area contributed by atoms with Crippen molar-refractivity contribution in [3.05, 3.63) is 22.3 Å². The largest absolute Gasteiger partial charge is 0.353 e. The standard InChI is InChI=1S/C71H22O2/c1(2-5-9-72-11-7-3-6-10-73-11)4-8-71-68-64-58-44-36-28-16-13-12-14-17(16)29-31-27-21(14)23-19-15(12)18-22-20(13)26-30(28)42(44)50-48-34(26)32(22)40-38-24(18)25(19)39-41-33(23)35(27)49-51-43(31)45(37(29)36)59(58)65(68)61(51)63-55(49)53(41)57-47(39)46(38)56-52(40)54(48)62(60(50)64)69(71)66(56)67(57)70(63)71/h11,68H,1-10H2. The zero-order valence-electron chi connectivity index (χ0n) is 38.5. The summed E-state index contributed by atoms with van der Waals surface area (Å²) in [6, 6.07) is 0. The number of ether oxygens (including phenoxy) is 2. The van der Waals surface area contributed by atoms with Gasteiger partial charge in [-0.2, -0.15) is 0 Å². The van der Waals surface area contributed by atoms with E-state index in [2.05, 4.69) is 0 Å². The number of unbranched alkanes of at least 4 members (excludes halogenated alkanes) is 3. The maximum Gasteiger partial charge on any atom is 0.157 e. The maximum atomic E-state index is 6.38. The smallest absolute Gasteiger partial charge is 0.157 e. The summed E-state index contributed by atoms with van der Waals surface area (Å²) >= 11 is 0. The lowest BCUT2D eigenvalue weighted by molar-refractivity contribution is -0.162. The fourth-order valence-electron chi connectivity index (χ4n) is 25.7. The van der Waals surface area contributed by atoms with Gasteiger partial charge in [-0.15, -0.1) is 0 Å². The third-order valence-corrected chi connectivity index (χ3v) is 26.2. The molecule has 1 aliphatic heterocycles. The van der Waals surface area contributed by atoms with Crippen LogP contribution in [0.5, 0.6) is 0 Å². The molecule has 318 valence electrons. The fourth-order valence-corrected chi connectivity index (χ4v) is 25.7. The molecular formula is C71H22O2. The van der Waals surface area contributed by atoms with E-state index in [1.165, 1.54) is 38.5 Å². The molecule has 0 saturated carbocycles. The van der Waals surface area contributed by atoms with E-state index in [0.717, 1.165) is 26.1 Å². The predicted molar refractivity (Wildman–Crippen MR) is 308 cm³/mol. The van der Waals surface area contributed by atoms with E-state index >= 15 is 0 Å². The molecule has 0 bridgehead atoms. The molecule has 0 amide bonds. The zero-order chi connectivity index (χ0) is 43.6. The van der Waals surface area contributed by atoms with Crippen molar-refractivity contribution in [3.8, 4) is 0 Å². The summed E-state index contributed by atoms with van der Waals surface area (Å²) < 4.78 is 12.4. The van der Waals surface area contributed by atoms with Crippen LogP contribution in [-0.2, 0) is 14.9 Å². The Morgan fingerprint density at radius 3 is 0.849 bits per heavy atom. The zero-order valence-corrected chi connectivity index (χ0v) is 38.5. The van der Waals surface area contributed by atoms with Gasteiger partial charge in [-0.3, -0.25) is 0 Å². The third kappa shape index (κ3) is 1.76. The molecule has 0 radical (unpaired) electrons. The Hall–Kier alpha value is -7.62. The van der Waals surface area contributed by atoms with Gasteiger partial charge in [-0.25, -0.2) is 0 Å². The normalized spacial score (nSPS) is 22.7. The van der Waals surface area contributed by atoms with E-state index in [0.29, 0.717) is 5.92 Å². The number of hydrogen-bond acceptors (Lipinski definition) is 2. The molecule has 1 atom stereocenters. The van der Waals surface area contributed by atoms with Crippen LogP contribution in [0.4, 0.5) is 0 Å². The van der Waals surface area contributed by atoms with Crippen LogP contribution < -0.4 is 0 Å². The first kappa shape index (κ1) is 29.2. The summed E-state index contributed by atoms with van der Waals surface area (Å²) in [5, 5.41) is 91.4. The first-order valence-corrected chi connectivity index (χ1v) is 28.4. The van der Waals surface area contributed by atoms with Gasteiger partial charge in [0.2, 0.25) is 0 Å². The van der Waals surface area contributed by atoms with Gasteiger partial charge < -0.3 is 9.47 Å². The lowest BCUT2D eigenvalue weighted by Crippen LogP contribution is -2.37. The SMILES string of the molecule is C(CCCC12c3c4c5c6c7c8c(c9c%10c1c1c3c3c%11c4c4c5c5c7c7c%12c8c8c9c9c%10c%10c1c1c3c3c%11c%11c4c4c5c7c5c7c%12c8c8c9c9c%10c1c1c3c3c%11c4c5c4c7c8c9c1c34)C62)CCOC1CCCCO1. The third-order valence-electron chi connectivity index (χ3n) is 26.2. The monoisotopic (exact) mass is 906 g/mol. The lowest BCUT2D eigenvalue weighted by atomic mass is 9.55. The molecule has 28 aromatic carbocycles. The van der Waals surface area contributed by atoms with Crippen LogP contribution >= 0.6 is 0 Å². The topological polar surface area (TPSA) is 18.5 Å². The minimum Gasteiger partial charge on any atom is -0.353 e. The molecule has 0 spiro atoms. The number of rotatable bonds is 8. The average molecular weight is 907 g/mol. The molecule has 2 heteroatoms. The van der Waals surface area contributed by atoms with Gasteiger partial charge in [-0.05, 0) is 345 Å². The Balaban J connectivity index is 0.967. The second kappa shape index (κ2) is 7.14. The van der Waals surface area contributed by atoms with E-state index in [1.807, 2.05) is 11.1 Å². The highest BCUT2D eigenvalue weighted by atomic mass is 16.7. The van der Waals surface area contributed by atoms with Crippen LogP contribution in [0.25, 0.3) is 291 Å². The van der Waals surface area contributed by atoms with Crippen LogP contribution in [0.15, 0.2) is 0 Å². The summed E-state index contributed by atoms with van der Waals surface area (Å²) in [4.78, 5) is 0. The minimum absolute atomic E-state index is 0.00751.